The van der Waals surface area contributed by atoms with Crippen LogP contribution in [0.2, 0.25) is 0 Å². The molecule has 20 heavy (non-hydrogen) atoms. The largest absolute Gasteiger partial charge is 0.395 e. The molecule has 0 aliphatic heterocycles. The van der Waals surface area contributed by atoms with Gasteiger partial charge in [-0.2, -0.15) is 0 Å². The van der Waals surface area contributed by atoms with Gasteiger partial charge in [-0.25, -0.2) is 0 Å². The molecule has 0 fully saturated rings. The van der Waals surface area contributed by atoms with Crippen LogP contribution in [0.4, 0.5) is 5.69 Å². The van der Waals surface area contributed by atoms with E-state index >= 15 is 0 Å². The molecule has 2 amide bonds. The molecule has 0 saturated heterocycles. The molecule has 1 aromatic carbocycles. The van der Waals surface area contributed by atoms with Gasteiger partial charge in [0.05, 0.1) is 6.61 Å². The number of likely N-dealkylation sites (N-methyl/N-ethyl adjacent to an activating group) is 1. The number of hydrogen-bond acceptors (Lipinski definition) is 3. The molecule has 0 aromatic heterocycles. The highest BCUT2D eigenvalue weighted by Crippen LogP contribution is 2.22. The van der Waals surface area contributed by atoms with E-state index in [4.69, 9.17) is 5.11 Å². The van der Waals surface area contributed by atoms with Crippen molar-refractivity contribution in [2.75, 3.05) is 25.5 Å². The highest BCUT2D eigenvalue weighted by atomic mass is 16.3. The number of nitrogens with zero attached hydrogens (tertiary/aromatic N) is 1. The zero-order chi connectivity index (χ0) is 15.1. The smallest absolute Gasteiger partial charge is 0.313 e. The highest BCUT2D eigenvalue weighted by Gasteiger charge is 2.20. The lowest BCUT2D eigenvalue weighted by molar-refractivity contribution is -0.142. The molecule has 110 valence electrons. The van der Waals surface area contributed by atoms with E-state index in [2.05, 4.69) is 5.32 Å². The molecule has 0 unspecified atom stereocenters. The van der Waals surface area contributed by atoms with Crippen molar-refractivity contribution in [1.82, 2.24) is 4.90 Å². The van der Waals surface area contributed by atoms with Crippen molar-refractivity contribution < 1.29 is 14.7 Å². The topological polar surface area (TPSA) is 69.6 Å². The van der Waals surface area contributed by atoms with E-state index < -0.39 is 11.8 Å². The maximum atomic E-state index is 12.0. The number of amides is 2. The average Bonchev–Trinajstić information content (AvgIpc) is 2.46. The Kier molecular flexibility index (Phi) is 6.18. The molecule has 0 aliphatic rings. The summed E-state index contributed by atoms with van der Waals surface area (Å²) in [6, 6.07) is 5.83. The van der Waals surface area contributed by atoms with Crippen molar-refractivity contribution >= 4 is 17.5 Å². The van der Waals surface area contributed by atoms with Crippen LogP contribution in [-0.4, -0.2) is 42.0 Å². The van der Waals surface area contributed by atoms with Crippen molar-refractivity contribution in [3.63, 3.8) is 0 Å². The highest BCUT2D eigenvalue weighted by molar-refractivity contribution is 6.39. The number of carbonyl (C=O) groups is 2. The summed E-state index contributed by atoms with van der Waals surface area (Å²) in [7, 11) is 1.49. The number of aliphatic hydroxyl groups is 1. The Bertz CT molecular complexity index is 464. The van der Waals surface area contributed by atoms with Gasteiger partial charge >= 0.3 is 11.8 Å². The van der Waals surface area contributed by atoms with Gasteiger partial charge in [-0.15, -0.1) is 0 Å². The van der Waals surface area contributed by atoms with Crippen molar-refractivity contribution in [3.05, 3.63) is 29.3 Å². The predicted octanol–water partition coefficient (Wildman–Crippen LogP) is 1.20. The van der Waals surface area contributed by atoms with Crippen molar-refractivity contribution in [3.8, 4) is 0 Å². The summed E-state index contributed by atoms with van der Waals surface area (Å²) in [5, 5.41) is 11.5. The molecule has 1 aromatic rings. The Morgan fingerprint density at radius 2 is 1.75 bits per heavy atom. The fourth-order valence-corrected chi connectivity index (χ4v) is 2.00. The van der Waals surface area contributed by atoms with Crippen LogP contribution in [0, 0.1) is 0 Å². The summed E-state index contributed by atoms with van der Waals surface area (Å²) < 4.78 is 0. The number of anilines is 1. The summed E-state index contributed by atoms with van der Waals surface area (Å²) >= 11 is 0. The first-order chi connectivity index (χ1) is 9.54. The van der Waals surface area contributed by atoms with Gasteiger partial charge in [-0.05, 0) is 24.0 Å². The third-order valence-corrected chi connectivity index (χ3v) is 3.21. The SMILES string of the molecule is CCc1cccc(CC)c1NC(=O)C(=O)N(C)CCO. The zero-order valence-electron chi connectivity index (χ0n) is 12.3. The molecule has 0 radical (unpaired) electrons. The van der Waals surface area contributed by atoms with Crippen LogP contribution < -0.4 is 5.32 Å². The molecule has 2 N–H and O–H groups in total. The van der Waals surface area contributed by atoms with E-state index in [1.54, 1.807) is 0 Å². The number of benzene rings is 1. The van der Waals surface area contributed by atoms with Gasteiger partial charge in [0, 0.05) is 19.3 Å². The van der Waals surface area contributed by atoms with E-state index in [0.717, 1.165) is 29.7 Å². The molecule has 5 nitrogen and oxygen atoms in total. The molecule has 0 heterocycles. The number of para-hydroxylation sites is 1. The first kappa shape index (κ1) is 16.2. The second-order valence-electron chi connectivity index (χ2n) is 4.56. The summed E-state index contributed by atoms with van der Waals surface area (Å²) in [5.74, 6) is -1.32. The van der Waals surface area contributed by atoms with Gasteiger partial charge in [0.2, 0.25) is 0 Å². The van der Waals surface area contributed by atoms with Gasteiger partial charge in [-0.1, -0.05) is 32.0 Å². The van der Waals surface area contributed by atoms with Crippen LogP contribution in [0.15, 0.2) is 18.2 Å². The quantitative estimate of drug-likeness (QED) is 0.795. The number of nitrogens with one attached hydrogen (secondary N) is 1. The number of aryl methyl sites for hydroxylation is 2. The first-order valence-electron chi connectivity index (χ1n) is 6.83. The lowest BCUT2D eigenvalue weighted by Crippen LogP contribution is -2.38. The summed E-state index contributed by atoms with van der Waals surface area (Å²) in [4.78, 5) is 25.0. The Morgan fingerprint density at radius 1 is 1.20 bits per heavy atom. The molecule has 0 spiro atoms. The fourth-order valence-electron chi connectivity index (χ4n) is 2.00. The van der Waals surface area contributed by atoms with E-state index in [-0.39, 0.29) is 13.2 Å². The number of aliphatic hydroxyl groups excluding tert-OH is 1. The standard InChI is InChI=1S/C15H22N2O3/c1-4-11-7-6-8-12(5-2)13(11)16-14(19)15(20)17(3)9-10-18/h6-8,18H,4-5,9-10H2,1-3H3,(H,16,19). The Labute approximate surface area is 119 Å². The number of hydrogen-bond donors (Lipinski definition) is 2. The number of carbonyl (C=O) groups excluding carboxylic acids is 2. The van der Waals surface area contributed by atoms with Crippen LogP contribution >= 0.6 is 0 Å². The molecule has 0 bridgehead atoms. The van der Waals surface area contributed by atoms with Crippen molar-refractivity contribution in [2.24, 2.45) is 0 Å². The monoisotopic (exact) mass is 278 g/mol. The average molecular weight is 278 g/mol. The minimum Gasteiger partial charge on any atom is -0.395 e. The molecular weight excluding hydrogens is 256 g/mol. The maximum absolute atomic E-state index is 12.0. The van der Waals surface area contributed by atoms with Crippen molar-refractivity contribution in [2.45, 2.75) is 26.7 Å². The van der Waals surface area contributed by atoms with Gasteiger partial charge in [-0.3, -0.25) is 9.59 Å². The zero-order valence-corrected chi connectivity index (χ0v) is 12.3. The second-order valence-corrected chi connectivity index (χ2v) is 4.56. The third kappa shape index (κ3) is 3.81. The summed E-state index contributed by atoms with van der Waals surface area (Å²) in [6.45, 7) is 3.98. The van der Waals surface area contributed by atoms with Crippen LogP contribution in [0.3, 0.4) is 0 Å². The Balaban J connectivity index is 2.92. The van der Waals surface area contributed by atoms with Gasteiger partial charge in [0.25, 0.3) is 0 Å². The fraction of sp³-hybridized carbons (Fsp3) is 0.467. The molecule has 1 rings (SSSR count). The first-order valence-corrected chi connectivity index (χ1v) is 6.83. The molecular formula is C15H22N2O3. The second kappa shape index (κ2) is 7.65. The van der Waals surface area contributed by atoms with Crippen LogP contribution in [-0.2, 0) is 22.4 Å². The summed E-state index contributed by atoms with van der Waals surface area (Å²) in [6.07, 6.45) is 1.56. The molecule has 5 heteroatoms. The molecule has 0 atom stereocenters. The lowest BCUT2D eigenvalue weighted by atomic mass is 10.0. The minimum absolute atomic E-state index is 0.141. The van der Waals surface area contributed by atoms with Crippen LogP contribution in [0.5, 0.6) is 0 Å². The summed E-state index contributed by atoms with van der Waals surface area (Å²) in [5.41, 5.74) is 2.75. The molecule has 0 saturated carbocycles. The maximum Gasteiger partial charge on any atom is 0.313 e. The normalized spacial score (nSPS) is 10.2. The van der Waals surface area contributed by atoms with E-state index in [1.807, 2.05) is 32.0 Å². The van der Waals surface area contributed by atoms with Crippen molar-refractivity contribution in [1.29, 1.82) is 0 Å². The Morgan fingerprint density at radius 3 is 2.20 bits per heavy atom. The predicted molar refractivity (Wildman–Crippen MR) is 78.6 cm³/mol. The number of rotatable bonds is 5. The van der Waals surface area contributed by atoms with Crippen LogP contribution in [0.25, 0.3) is 0 Å². The van der Waals surface area contributed by atoms with Gasteiger partial charge in [0.15, 0.2) is 0 Å². The van der Waals surface area contributed by atoms with Crippen LogP contribution in [0.1, 0.15) is 25.0 Å². The Hall–Kier alpha value is -1.88. The van der Waals surface area contributed by atoms with E-state index in [9.17, 15) is 9.59 Å². The van der Waals surface area contributed by atoms with Gasteiger partial charge in [0.1, 0.15) is 0 Å². The lowest BCUT2D eigenvalue weighted by Gasteiger charge is -2.17. The molecule has 0 aliphatic carbocycles. The van der Waals surface area contributed by atoms with E-state index in [1.165, 1.54) is 11.9 Å². The third-order valence-electron chi connectivity index (χ3n) is 3.21. The van der Waals surface area contributed by atoms with Gasteiger partial charge < -0.3 is 15.3 Å². The minimum atomic E-state index is -0.670. The van der Waals surface area contributed by atoms with E-state index in [0.29, 0.717) is 0 Å².